The monoisotopic (exact) mass is 303 g/mol. The molecule has 0 aliphatic carbocycles. The zero-order chi connectivity index (χ0) is 15.9. The molecule has 0 radical (unpaired) electrons. The van der Waals surface area contributed by atoms with Crippen molar-refractivity contribution < 1.29 is 24.2 Å². The number of hydrogen-bond donors (Lipinski definition) is 2. The summed E-state index contributed by atoms with van der Waals surface area (Å²) >= 11 is 0. The zero-order valence-corrected chi connectivity index (χ0v) is 12.1. The molecule has 1 unspecified atom stereocenters. The Bertz CT molecular complexity index is 665. The van der Waals surface area contributed by atoms with E-state index in [9.17, 15) is 9.59 Å². The average molecular weight is 303 g/mol. The fourth-order valence-corrected chi connectivity index (χ4v) is 1.99. The largest absolute Gasteiger partial charge is 0.483 e. The van der Waals surface area contributed by atoms with Crippen LogP contribution in [0.25, 0.3) is 10.8 Å². The minimum absolute atomic E-state index is 0.108. The number of rotatable bonds is 7. The third kappa shape index (κ3) is 3.95. The number of aliphatic carboxylic acids is 1. The molecule has 116 valence electrons. The number of carboxylic acids is 1. The molecule has 0 fully saturated rings. The fourth-order valence-electron chi connectivity index (χ4n) is 1.99. The first-order chi connectivity index (χ1) is 10.6. The van der Waals surface area contributed by atoms with Crippen LogP contribution in [-0.2, 0) is 14.3 Å². The van der Waals surface area contributed by atoms with Crippen molar-refractivity contribution in [3.05, 3.63) is 42.5 Å². The van der Waals surface area contributed by atoms with Crippen LogP contribution in [-0.4, -0.2) is 43.3 Å². The number of ether oxygens (including phenoxy) is 2. The molecule has 0 aliphatic heterocycles. The Labute approximate surface area is 127 Å². The van der Waals surface area contributed by atoms with Gasteiger partial charge in [0.1, 0.15) is 5.75 Å². The Balaban J connectivity index is 1.92. The number of methoxy groups -OCH3 is 1. The lowest BCUT2D eigenvalue weighted by Crippen LogP contribution is -2.39. The highest BCUT2D eigenvalue weighted by atomic mass is 16.5. The maximum absolute atomic E-state index is 11.7. The smallest absolute Gasteiger partial charge is 0.334 e. The molecule has 0 heterocycles. The molecule has 2 rings (SSSR count). The van der Waals surface area contributed by atoms with Crippen LogP contribution in [0.15, 0.2) is 42.5 Å². The van der Waals surface area contributed by atoms with Gasteiger partial charge in [-0.05, 0) is 11.5 Å². The summed E-state index contributed by atoms with van der Waals surface area (Å²) < 4.78 is 10.2. The molecule has 0 saturated heterocycles. The second-order valence-corrected chi connectivity index (χ2v) is 4.63. The number of hydrogen-bond acceptors (Lipinski definition) is 4. The number of carbonyl (C=O) groups is 2. The van der Waals surface area contributed by atoms with Crippen LogP contribution in [0.3, 0.4) is 0 Å². The molecule has 0 bridgehead atoms. The minimum atomic E-state index is -1.13. The van der Waals surface area contributed by atoms with Crippen molar-refractivity contribution >= 4 is 22.6 Å². The average Bonchev–Trinajstić information content (AvgIpc) is 2.53. The second-order valence-electron chi connectivity index (χ2n) is 4.63. The number of fused-ring (bicyclic) bond motifs is 1. The molecule has 0 aromatic heterocycles. The van der Waals surface area contributed by atoms with Gasteiger partial charge in [0, 0.05) is 12.5 Å². The normalized spacial score (nSPS) is 11.9. The molecule has 0 aliphatic rings. The molecule has 22 heavy (non-hydrogen) atoms. The van der Waals surface area contributed by atoms with Crippen LogP contribution in [0.5, 0.6) is 5.75 Å². The highest BCUT2D eigenvalue weighted by Crippen LogP contribution is 2.24. The van der Waals surface area contributed by atoms with Crippen molar-refractivity contribution in [3.8, 4) is 5.75 Å². The van der Waals surface area contributed by atoms with E-state index in [1.807, 2.05) is 36.4 Å². The first kappa shape index (κ1) is 15.8. The summed E-state index contributed by atoms with van der Waals surface area (Å²) in [6, 6.07) is 13.3. The van der Waals surface area contributed by atoms with Gasteiger partial charge in [-0.25, -0.2) is 4.79 Å². The molecule has 1 amide bonds. The van der Waals surface area contributed by atoms with E-state index >= 15 is 0 Å². The molecule has 0 spiro atoms. The minimum Gasteiger partial charge on any atom is -0.483 e. The molecular weight excluding hydrogens is 286 g/mol. The highest BCUT2D eigenvalue weighted by molar-refractivity contribution is 5.88. The van der Waals surface area contributed by atoms with Crippen LogP contribution in [0.2, 0.25) is 0 Å². The van der Waals surface area contributed by atoms with Crippen molar-refractivity contribution in [2.45, 2.75) is 6.10 Å². The lowest BCUT2D eigenvalue weighted by Gasteiger charge is -2.12. The van der Waals surface area contributed by atoms with Gasteiger partial charge in [0.2, 0.25) is 0 Å². The highest BCUT2D eigenvalue weighted by Gasteiger charge is 2.17. The molecule has 1 atom stereocenters. The second kappa shape index (κ2) is 7.42. The molecule has 6 nitrogen and oxygen atoms in total. The van der Waals surface area contributed by atoms with E-state index < -0.39 is 18.0 Å². The first-order valence-corrected chi connectivity index (χ1v) is 6.74. The van der Waals surface area contributed by atoms with Gasteiger partial charge in [0.15, 0.2) is 12.7 Å². The van der Waals surface area contributed by atoms with Crippen molar-refractivity contribution in [2.75, 3.05) is 20.3 Å². The lowest BCUT2D eigenvalue weighted by molar-refractivity contribution is -0.148. The Hall–Kier alpha value is -2.60. The van der Waals surface area contributed by atoms with Crippen molar-refractivity contribution in [2.24, 2.45) is 0 Å². The van der Waals surface area contributed by atoms with E-state index in [1.165, 1.54) is 7.11 Å². The van der Waals surface area contributed by atoms with Gasteiger partial charge in [-0.2, -0.15) is 0 Å². The van der Waals surface area contributed by atoms with Crippen LogP contribution in [0.4, 0.5) is 0 Å². The SMILES string of the molecule is COC(CNC(=O)COc1cccc2ccccc12)C(=O)O. The summed E-state index contributed by atoms with van der Waals surface area (Å²) in [7, 11) is 1.28. The van der Waals surface area contributed by atoms with Crippen LogP contribution in [0, 0.1) is 0 Å². The van der Waals surface area contributed by atoms with Gasteiger partial charge in [-0.15, -0.1) is 0 Å². The van der Waals surface area contributed by atoms with Gasteiger partial charge in [-0.3, -0.25) is 4.79 Å². The quantitative estimate of drug-likeness (QED) is 0.808. The third-order valence-electron chi connectivity index (χ3n) is 3.15. The summed E-state index contributed by atoms with van der Waals surface area (Å²) in [5, 5.41) is 13.2. The summed E-state index contributed by atoms with van der Waals surface area (Å²) in [4.78, 5) is 22.5. The Morgan fingerprint density at radius 3 is 2.64 bits per heavy atom. The summed E-state index contributed by atoms with van der Waals surface area (Å²) in [6.07, 6.45) is -1.07. The van der Waals surface area contributed by atoms with E-state index in [1.54, 1.807) is 6.07 Å². The summed E-state index contributed by atoms with van der Waals surface area (Å²) in [5.74, 6) is -0.927. The standard InChI is InChI=1S/C16H17NO5/c1-21-14(16(19)20)9-17-15(18)10-22-13-8-4-6-11-5-2-3-7-12(11)13/h2-8,14H,9-10H2,1H3,(H,17,18)(H,19,20). The van der Waals surface area contributed by atoms with E-state index in [-0.39, 0.29) is 13.2 Å². The molecule has 2 N–H and O–H groups in total. The van der Waals surface area contributed by atoms with Gasteiger partial charge < -0.3 is 19.9 Å². The summed E-state index contributed by atoms with van der Waals surface area (Å²) in [6.45, 7) is -0.298. The zero-order valence-electron chi connectivity index (χ0n) is 12.1. The van der Waals surface area contributed by atoms with Crippen LogP contribution >= 0.6 is 0 Å². The number of nitrogens with one attached hydrogen (secondary N) is 1. The number of amides is 1. The number of carbonyl (C=O) groups excluding carboxylic acids is 1. The fraction of sp³-hybridized carbons (Fsp3) is 0.250. The molecule has 2 aromatic carbocycles. The molecule has 6 heteroatoms. The predicted octanol–water partition coefficient (Wildman–Crippen LogP) is 1.43. The van der Waals surface area contributed by atoms with Gasteiger partial charge >= 0.3 is 5.97 Å². The third-order valence-corrected chi connectivity index (χ3v) is 3.15. The van der Waals surface area contributed by atoms with E-state index in [0.717, 1.165) is 10.8 Å². The van der Waals surface area contributed by atoms with E-state index in [0.29, 0.717) is 5.75 Å². The van der Waals surface area contributed by atoms with Crippen molar-refractivity contribution in [1.29, 1.82) is 0 Å². The van der Waals surface area contributed by atoms with Crippen LogP contribution < -0.4 is 10.1 Å². The van der Waals surface area contributed by atoms with Gasteiger partial charge in [0.05, 0.1) is 6.54 Å². The maximum Gasteiger partial charge on any atom is 0.334 e. The topological polar surface area (TPSA) is 84.9 Å². The Morgan fingerprint density at radius 2 is 1.91 bits per heavy atom. The molecular formula is C16H17NO5. The van der Waals surface area contributed by atoms with E-state index in [2.05, 4.69) is 5.32 Å². The van der Waals surface area contributed by atoms with Crippen LogP contribution in [0.1, 0.15) is 0 Å². The number of carboxylic acid groups (broad SMARTS) is 1. The Morgan fingerprint density at radius 1 is 1.18 bits per heavy atom. The number of benzene rings is 2. The first-order valence-electron chi connectivity index (χ1n) is 6.74. The maximum atomic E-state index is 11.7. The molecule has 2 aromatic rings. The van der Waals surface area contributed by atoms with Gasteiger partial charge in [-0.1, -0.05) is 36.4 Å². The van der Waals surface area contributed by atoms with Crippen molar-refractivity contribution in [1.82, 2.24) is 5.32 Å². The lowest BCUT2D eigenvalue weighted by atomic mass is 10.1. The molecule has 0 saturated carbocycles. The van der Waals surface area contributed by atoms with Gasteiger partial charge in [0.25, 0.3) is 5.91 Å². The van der Waals surface area contributed by atoms with E-state index in [4.69, 9.17) is 14.6 Å². The summed E-state index contributed by atoms with van der Waals surface area (Å²) in [5.41, 5.74) is 0. The predicted molar refractivity (Wildman–Crippen MR) is 80.9 cm³/mol. The van der Waals surface area contributed by atoms with Crippen molar-refractivity contribution in [3.63, 3.8) is 0 Å². The Kier molecular flexibility index (Phi) is 5.32.